The molecule has 0 aliphatic heterocycles. The number of nitrogens with zero attached hydrogens (tertiary/aromatic N) is 2. The van der Waals surface area contributed by atoms with E-state index in [0.29, 0.717) is 22.9 Å². The second kappa shape index (κ2) is 5.10. The summed E-state index contributed by atoms with van der Waals surface area (Å²) in [5, 5.41) is 2.81. The van der Waals surface area contributed by atoms with E-state index in [-0.39, 0.29) is 5.91 Å². The lowest BCUT2D eigenvalue weighted by atomic mass is 10.2. The summed E-state index contributed by atoms with van der Waals surface area (Å²) < 4.78 is 2.11. The van der Waals surface area contributed by atoms with Crippen molar-refractivity contribution in [3.8, 4) is 12.3 Å². The van der Waals surface area contributed by atoms with E-state index in [2.05, 4.69) is 20.8 Å². The number of terminal acetylenes is 1. The van der Waals surface area contributed by atoms with Crippen LogP contribution >= 0.6 is 0 Å². The molecule has 1 fully saturated rings. The van der Waals surface area contributed by atoms with Crippen LogP contribution in [0.4, 0.5) is 5.82 Å². The quantitative estimate of drug-likeness (QED) is 0.878. The lowest BCUT2D eigenvalue weighted by molar-refractivity contribution is 0.102. The van der Waals surface area contributed by atoms with Crippen LogP contribution in [0.2, 0.25) is 0 Å². The molecule has 2 aromatic heterocycles. The molecule has 1 aliphatic carbocycles. The zero-order valence-electron chi connectivity index (χ0n) is 12.2. The Labute approximate surface area is 124 Å². The van der Waals surface area contributed by atoms with E-state index in [0.717, 1.165) is 5.69 Å². The third kappa shape index (κ3) is 2.55. The first-order valence-corrected chi connectivity index (χ1v) is 7.00. The Morgan fingerprint density at radius 3 is 2.90 bits per heavy atom. The SMILES string of the molecule is C#Cc1ccnc(NC(=O)c2cc(C3CC3)n(C)c2C)c1. The number of rotatable bonds is 3. The van der Waals surface area contributed by atoms with Gasteiger partial charge in [0, 0.05) is 30.2 Å². The number of carbonyl (C=O) groups is 1. The molecule has 3 rings (SSSR count). The zero-order valence-corrected chi connectivity index (χ0v) is 12.2. The maximum atomic E-state index is 12.4. The number of aromatic nitrogens is 2. The Bertz CT molecular complexity index is 748. The second-order valence-corrected chi connectivity index (χ2v) is 5.43. The molecule has 2 heterocycles. The molecular weight excluding hydrogens is 262 g/mol. The molecule has 1 N–H and O–H groups in total. The second-order valence-electron chi connectivity index (χ2n) is 5.43. The third-order valence-corrected chi connectivity index (χ3v) is 3.98. The van der Waals surface area contributed by atoms with Crippen molar-refractivity contribution in [3.05, 3.63) is 46.9 Å². The van der Waals surface area contributed by atoms with Crippen LogP contribution in [0.5, 0.6) is 0 Å². The number of anilines is 1. The Hall–Kier alpha value is -2.54. The highest BCUT2D eigenvalue weighted by atomic mass is 16.1. The summed E-state index contributed by atoms with van der Waals surface area (Å²) in [6.07, 6.45) is 9.37. The van der Waals surface area contributed by atoms with Crippen LogP contribution in [-0.4, -0.2) is 15.5 Å². The molecule has 0 radical (unpaired) electrons. The fourth-order valence-corrected chi connectivity index (χ4v) is 2.50. The highest BCUT2D eigenvalue weighted by Gasteiger charge is 2.28. The van der Waals surface area contributed by atoms with Crippen molar-refractivity contribution in [2.75, 3.05) is 5.32 Å². The van der Waals surface area contributed by atoms with Crippen molar-refractivity contribution >= 4 is 11.7 Å². The van der Waals surface area contributed by atoms with Crippen LogP contribution in [0.1, 0.15) is 46.1 Å². The average molecular weight is 279 g/mol. The number of amides is 1. The average Bonchev–Trinajstić information content (AvgIpc) is 3.27. The van der Waals surface area contributed by atoms with Gasteiger partial charge in [-0.05, 0) is 43.9 Å². The van der Waals surface area contributed by atoms with Crippen LogP contribution in [0, 0.1) is 19.3 Å². The molecule has 0 bridgehead atoms. The number of carbonyl (C=O) groups excluding carboxylic acids is 1. The van der Waals surface area contributed by atoms with Crippen molar-refractivity contribution in [1.82, 2.24) is 9.55 Å². The topological polar surface area (TPSA) is 46.9 Å². The van der Waals surface area contributed by atoms with Crippen LogP contribution in [0.25, 0.3) is 0 Å². The van der Waals surface area contributed by atoms with Crippen molar-refractivity contribution in [3.63, 3.8) is 0 Å². The molecule has 0 aromatic carbocycles. The van der Waals surface area contributed by atoms with Gasteiger partial charge in [-0.15, -0.1) is 6.42 Å². The van der Waals surface area contributed by atoms with Gasteiger partial charge in [0.1, 0.15) is 5.82 Å². The van der Waals surface area contributed by atoms with E-state index < -0.39 is 0 Å². The van der Waals surface area contributed by atoms with Crippen molar-refractivity contribution in [2.24, 2.45) is 7.05 Å². The molecule has 1 aliphatic rings. The van der Waals surface area contributed by atoms with Crippen molar-refractivity contribution in [1.29, 1.82) is 0 Å². The number of hydrogen-bond acceptors (Lipinski definition) is 2. The fraction of sp³-hybridized carbons (Fsp3) is 0.294. The van der Waals surface area contributed by atoms with Crippen molar-refractivity contribution in [2.45, 2.75) is 25.7 Å². The fourth-order valence-electron chi connectivity index (χ4n) is 2.50. The summed E-state index contributed by atoms with van der Waals surface area (Å²) >= 11 is 0. The third-order valence-electron chi connectivity index (χ3n) is 3.98. The molecule has 1 saturated carbocycles. The summed E-state index contributed by atoms with van der Waals surface area (Å²) in [6, 6.07) is 5.42. The first-order valence-electron chi connectivity index (χ1n) is 7.00. The van der Waals surface area contributed by atoms with Gasteiger partial charge in [-0.3, -0.25) is 4.79 Å². The first-order chi connectivity index (χ1) is 10.1. The standard InChI is InChI=1S/C17H17N3O/c1-4-12-7-8-18-16(9-12)19-17(21)14-10-15(13-5-6-13)20(3)11(14)2/h1,7-10,13H,5-6H2,2-3H3,(H,18,19,21). The largest absolute Gasteiger partial charge is 0.351 e. The number of hydrogen-bond donors (Lipinski definition) is 1. The summed E-state index contributed by atoms with van der Waals surface area (Å²) in [5.74, 6) is 3.48. The number of pyridine rings is 1. The normalized spacial score (nSPS) is 13.8. The predicted molar refractivity (Wildman–Crippen MR) is 82.3 cm³/mol. The molecule has 106 valence electrons. The zero-order chi connectivity index (χ0) is 15.0. The van der Waals surface area contributed by atoms with E-state index >= 15 is 0 Å². The maximum absolute atomic E-state index is 12.4. The Kier molecular flexibility index (Phi) is 3.26. The Balaban J connectivity index is 1.85. The minimum Gasteiger partial charge on any atom is -0.351 e. The molecule has 21 heavy (non-hydrogen) atoms. The van der Waals surface area contributed by atoms with Crippen LogP contribution in [0.15, 0.2) is 24.4 Å². The minimum atomic E-state index is -0.142. The lowest BCUT2D eigenvalue weighted by Gasteiger charge is -2.05. The monoisotopic (exact) mass is 279 g/mol. The van der Waals surface area contributed by atoms with E-state index in [9.17, 15) is 4.79 Å². The first kappa shape index (κ1) is 13.4. The summed E-state index contributed by atoms with van der Waals surface area (Å²) in [7, 11) is 2.01. The molecule has 0 saturated heterocycles. The molecule has 0 unspecified atom stereocenters. The van der Waals surface area contributed by atoms with Gasteiger partial charge in [-0.1, -0.05) is 5.92 Å². The van der Waals surface area contributed by atoms with E-state index in [1.54, 1.807) is 18.3 Å². The summed E-state index contributed by atoms with van der Waals surface area (Å²) in [6.45, 7) is 1.96. The van der Waals surface area contributed by atoms with Crippen LogP contribution in [0.3, 0.4) is 0 Å². The van der Waals surface area contributed by atoms with Crippen molar-refractivity contribution < 1.29 is 4.79 Å². The van der Waals surface area contributed by atoms with Gasteiger partial charge in [0.15, 0.2) is 0 Å². The van der Waals surface area contributed by atoms with Gasteiger partial charge < -0.3 is 9.88 Å². The van der Waals surface area contributed by atoms with E-state index in [1.165, 1.54) is 18.5 Å². The van der Waals surface area contributed by atoms with E-state index in [4.69, 9.17) is 6.42 Å². The van der Waals surface area contributed by atoms with Gasteiger partial charge in [-0.2, -0.15) is 0 Å². The smallest absolute Gasteiger partial charge is 0.258 e. The molecule has 4 heteroatoms. The molecule has 0 spiro atoms. The van der Waals surface area contributed by atoms with Crippen LogP contribution < -0.4 is 5.32 Å². The highest BCUT2D eigenvalue weighted by molar-refractivity contribution is 6.04. The highest BCUT2D eigenvalue weighted by Crippen LogP contribution is 2.41. The van der Waals surface area contributed by atoms with Gasteiger partial charge in [0.25, 0.3) is 5.91 Å². The van der Waals surface area contributed by atoms with Gasteiger partial charge >= 0.3 is 0 Å². The van der Waals surface area contributed by atoms with Gasteiger partial charge in [-0.25, -0.2) is 4.98 Å². The Morgan fingerprint density at radius 1 is 1.48 bits per heavy atom. The number of nitrogens with one attached hydrogen (secondary N) is 1. The molecular formula is C17H17N3O. The Morgan fingerprint density at radius 2 is 2.24 bits per heavy atom. The lowest BCUT2D eigenvalue weighted by Crippen LogP contribution is -2.14. The minimum absolute atomic E-state index is 0.142. The summed E-state index contributed by atoms with van der Waals surface area (Å²) in [5.41, 5.74) is 3.61. The maximum Gasteiger partial charge on any atom is 0.258 e. The van der Waals surface area contributed by atoms with Crippen LogP contribution in [-0.2, 0) is 7.05 Å². The van der Waals surface area contributed by atoms with Gasteiger partial charge in [0.05, 0.1) is 5.56 Å². The van der Waals surface area contributed by atoms with Gasteiger partial charge in [0.2, 0.25) is 0 Å². The predicted octanol–water partition coefficient (Wildman–Crippen LogP) is 2.84. The molecule has 1 amide bonds. The molecule has 4 nitrogen and oxygen atoms in total. The summed E-state index contributed by atoms with van der Waals surface area (Å²) in [4.78, 5) is 16.6. The van der Waals surface area contributed by atoms with E-state index in [1.807, 2.05) is 20.0 Å². The molecule has 0 atom stereocenters. The molecule has 2 aromatic rings.